The van der Waals surface area contributed by atoms with Crippen LogP contribution in [0.5, 0.6) is 0 Å². The summed E-state index contributed by atoms with van der Waals surface area (Å²) >= 11 is -5.72. The van der Waals surface area contributed by atoms with E-state index >= 15 is 0 Å². The van der Waals surface area contributed by atoms with Gasteiger partial charge in [0.15, 0.2) is 0 Å². The Labute approximate surface area is 66.7 Å². The molecule has 0 saturated heterocycles. The molecular weight excluding hydrogens is 224 g/mol. The van der Waals surface area contributed by atoms with Gasteiger partial charge in [0.1, 0.15) is 0 Å². The van der Waals surface area contributed by atoms with Crippen molar-refractivity contribution in [1.29, 1.82) is 0 Å². The third-order valence-corrected chi connectivity index (χ3v) is 0. The fourth-order valence-electron chi connectivity index (χ4n) is 0. The van der Waals surface area contributed by atoms with Crippen molar-refractivity contribution in [1.82, 2.24) is 0 Å². The van der Waals surface area contributed by atoms with E-state index in [0.717, 1.165) is 0 Å². The summed E-state index contributed by atoms with van der Waals surface area (Å²) in [6.07, 6.45) is 0. The molecule has 0 amide bonds. The van der Waals surface area contributed by atoms with Crippen LogP contribution in [0.15, 0.2) is 0 Å². The molecule has 0 aliphatic carbocycles. The minimum absolute atomic E-state index is 0. The zero-order valence-corrected chi connectivity index (χ0v) is 6.22. The summed E-state index contributed by atoms with van der Waals surface area (Å²) in [5.41, 5.74) is 0. The summed E-state index contributed by atoms with van der Waals surface area (Å²) in [7, 11) is 0. The van der Waals surface area contributed by atoms with Crippen molar-refractivity contribution >= 4 is 22.7 Å². The number of rotatable bonds is 0. The quantitative estimate of drug-likeness (QED) is 0.389. The summed E-state index contributed by atoms with van der Waals surface area (Å²) in [6.45, 7) is 0. The van der Waals surface area contributed by atoms with Crippen molar-refractivity contribution < 1.29 is 43.7 Å². The second kappa shape index (κ2) is 11.5. The molecule has 2 N–H and O–H groups in total. The first-order valence-electron chi connectivity index (χ1n) is 1.03. The Morgan fingerprint density at radius 1 is 1.00 bits per heavy atom. The van der Waals surface area contributed by atoms with E-state index in [1.54, 1.807) is 0 Å². The molecule has 0 saturated carbocycles. The van der Waals surface area contributed by atoms with Crippen LogP contribution in [0.2, 0.25) is 0 Å². The smallest absolute Gasteiger partial charge is 0.750 e. The van der Waals surface area contributed by atoms with Crippen molar-refractivity contribution in [2.24, 2.45) is 0 Å². The average molecular weight is 226 g/mol. The van der Waals surface area contributed by atoms with Gasteiger partial charge in [-0.05, 0) is 0 Å². The predicted molar refractivity (Wildman–Crippen MR) is 23.1 cm³/mol. The molecule has 0 rings (SSSR count). The molecular formula is H2CuO6S2. The normalized spacial score (nSPS) is 13.8. The van der Waals surface area contributed by atoms with E-state index in [2.05, 4.69) is 0 Å². The van der Waals surface area contributed by atoms with Crippen molar-refractivity contribution in [3.63, 3.8) is 0 Å². The third kappa shape index (κ3) is 883. The van der Waals surface area contributed by atoms with E-state index in [9.17, 15) is 0 Å². The molecule has 0 spiro atoms. The van der Waals surface area contributed by atoms with Gasteiger partial charge in [0.05, 0.1) is 22.7 Å². The molecule has 0 bridgehead atoms. The van der Waals surface area contributed by atoms with E-state index in [4.69, 9.17) is 26.6 Å². The van der Waals surface area contributed by atoms with Crippen molar-refractivity contribution in [2.45, 2.75) is 0 Å². The first-order valence-corrected chi connectivity index (χ1v) is 3.10. The Kier molecular flexibility index (Phi) is 20.8. The Bertz CT molecular complexity index is 69.1. The first kappa shape index (κ1) is 16.3. The Hall–Kier alpha value is 0.659. The maximum atomic E-state index is 8.56. The van der Waals surface area contributed by atoms with Crippen molar-refractivity contribution in [2.75, 3.05) is 0 Å². The number of hydrogen-bond acceptors (Lipinski definition) is 4. The maximum absolute atomic E-state index is 8.56. The van der Waals surface area contributed by atoms with E-state index < -0.39 is 22.7 Å². The van der Waals surface area contributed by atoms with Crippen LogP contribution < -0.4 is 0 Å². The van der Waals surface area contributed by atoms with Crippen LogP contribution in [0.25, 0.3) is 0 Å². The van der Waals surface area contributed by atoms with E-state index in [1.807, 2.05) is 0 Å². The Balaban J connectivity index is -0.0000000720. The van der Waals surface area contributed by atoms with Gasteiger partial charge >= 0.3 is 17.1 Å². The molecule has 6 nitrogen and oxygen atoms in total. The standard InChI is InChI=1S/Cu.2H2O3S/c;2*1-4(2)3/h;2*(H2,1,2,3)/q+2;;/p-2. The zero-order chi connectivity index (χ0) is 7.15. The molecule has 9 heteroatoms. The number of hydrogen-bond donors (Lipinski definition) is 2. The fourth-order valence-corrected chi connectivity index (χ4v) is 0. The molecule has 9 heavy (non-hydrogen) atoms. The van der Waals surface area contributed by atoms with Crippen LogP contribution >= 0.6 is 0 Å². The second-order valence-corrected chi connectivity index (χ2v) is 1.30. The molecule has 0 heterocycles. The van der Waals surface area contributed by atoms with Gasteiger partial charge in [0, 0.05) is 0 Å². The van der Waals surface area contributed by atoms with Gasteiger partial charge in [-0.15, -0.1) is 0 Å². The Morgan fingerprint density at radius 3 is 1.00 bits per heavy atom. The Morgan fingerprint density at radius 2 is 1.00 bits per heavy atom. The third-order valence-electron chi connectivity index (χ3n) is 0. The fraction of sp³-hybridized carbons (Fsp3) is 0. The van der Waals surface area contributed by atoms with Crippen LogP contribution in [-0.4, -0.2) is 26.6 Å². The largest absolute Gasteiger partial charge is 2.00 e. The summed E-state index contributed by atoms with van der Waals surface area (Å²) in [5.74, 6) is 0. The van der Waals surface area contributed by atoms with E-state index in [0.29, 0.717) is 0 Å². The topological polar surface area (TPSA) is 121 Å². The average Bonchev–Trinajstić information content (AvgIpc) is 1.25. The molecule has 0 aliphatic heterocycles. The molecule has 2 atom stereocenters. The minimum atomic E-state index is -2.86. The summed E-state index contributed by atoms with van der Waals surface area (Å²) < 4.78 is 48.2. The molecule has 0 aromatic rings. The van der Waals surface area contributed by atoms with Gasteiger partial charge in [-0.3, -0.25) is 0 Å². The van der Waals surface area contributed by atoms with Crippen LogP contribution in [0.1, 0.15) is 0 Å². The summed E-state index contributed by atoms with van der Waals surface area (Å²) in [6, 6.07) is 0. The van der Waals surface area contributed by atoms with Crippen LogP contribution in [0.3, 0.4) is 0 Å². The second-order valence-electron chi connectivity index (χ2n) is 0.434. The molecule has 0 fully saturated rings. The minimum Gasteiger partial charge on any atom is -0.750 e. The van der Waals surface area contributed by atoms with E-state index in [1.165, 1.54) is 0 Å². The van der Waals surface area contributed by atoms with Crippen LogP contribution in [0, 0.1) is 0 Å². The monoisotopic (exact) mass is 225 g/mol. The van der Waals surface area contributed by atoms with Gasteiger partial charge < -0.3 is 18.2 Å². The van der Waals surface area contributed by atoms with Crippen LogP contribution in [0.4, 0.5) is 0 Å². The summed E-state index contributed by atoms with van der Waals surface area (Å²) in [5, 5.41) is 0. The van der Waals surface area contributed by atoms with Gasteiger partial charge in [-0.25, -0.2) is 8.42 Å². The van der Waals surface area contributed by atoms with Crippen molar-refractivity contribution in [3.05, 3.63) is 0 Å². The predicted octanol–water partition coefficient (Wildman–Crippen LogP) is -1.33. The molecule has 0 aromatic heterocycles. The molecule has 1 radical (unpaired) electrons. The van der Waals surface area contributed by atoms with Gasteiger partial charge in [-0.1, -0.05) is 0 Å². The maximum Gasteiger partial charge on any atom is 2.00 e. The van der Waals surface area contributed by atoms with E-state index in [-0.39, 0.29) is 17.1 Å². The van der Waals surface area contributed by atoms with Gasteiger partial charge in [0.25, 0.3) is 0 Å². The molecule has 2 unspecified atom stereocenters. The van der Waals surface area contributed by atoms with Gasteiger partial charge in [0.2, 0.25) is 0 Å². The SMILES string of the molecule is O=S([O-])O.O=S([O-])O.[Cu+2]. The molecule has 0 aliphatic rings. The zero-order valence-electron chi connectivity index (χ0n) is 3.65. The summed E-state index contributed by atoms with van der Waals surface area (Å²) in [4.78, 5) is 0. The molecule has 61 valence electrons. The van der Waals surface area contributed by atoms with Gasteiger partial charge in [-0.2, -0.15) is 0 Å². The van der Waals surface area contributed by atoms with Crippen LogP contribution in [-0.2, 0) is 39.8 Å². The van der Waals surface area contributed by atoms with Crippen molar-refractivity contribution in [3.8, 4) is 0 Å². The first-order chi connectivity index (χ1) is 3.46. The molecule has 0 aromatic carbocycles.